The number of anilines is 2. The summed E-state index contributed by atoms with van der Waals surface area (Å²) in [6, 6.07) is 14.8. The van der Waals surface area contributed by atoms with Crippen LogP contribution in [0.5, 0.6) is 0 Å². The number of sulfonamides is 1. The largest absolute Gasteiger partial charge is 0.339 e. The predicted octanol–water partition coefficient (Wildman–Crippen LogP) is 4.51. The first-order valence-electron chi connectivity index (χ1n) is 9.91. The van der Waals surface area contributed by atoms with E-state index in [-0.39, 0.29) is 5.82 Å². The van der Waals surface area contributed by atoms with Crippen molar-refractivity contribution in [3.05, 3.63) is 66.0 Å². The number of halogens is 1. The zero-order chi connectivity index (χ0) is 21.1. The number of aryl methyl sites for hydroxylation is 1. The van der Waals surface area contributed by atoms with Gasteiger partial charge in [0.05, 0.1) is 10.6 Å². The number of nitrogens with zero attached hydrogens (tertiary/aromatic N) is 3. The van der Waals surface area contributed by atoms with Crippen molar-refractivity contribution in [2.45, 2.75) is 31.1 Å². The summed E-state index contributed by atoms with van der Waals surface area (Å²) in [4.78, 5) is 0.317. The third-order valence-corrected chi connectivity index (χ3v) is 7.24. The maximum Gasteiger partial charge on any atom is 0.243 e. The van der Waals surface area contributed by atoms with Crippen molar-refractivity contribution in [2.24, 2.45) is 0 Å². The summed E-state index contributed by atoms with van der Waals surface area (Å²) in [6.45, 7) is 2.94. The van der Waals surface area contributed by atoms with Gasteiger partial charge in [-0.3, -0.25) is 0 Å². The second kappa shape index (κ2) is 8.49. The summed E-state index contributed by atoms with van der Waals surface area (Å²) in [5, 5.41) is 11.4. The van der Waals surface area contributed by atoms with E-state index in [1.54, 1.807) is 40.7 Å². The first-order chi connectivity index (χ1) is 14.4. The van der Waals surface area contributed by atoms with E-state index in [4.69, 9.17) is 0 Å². The predicted molar refractivity (Wildman–Crippen MR) is 114 cm³/mol. The minimum atomic E-state index is -3.53. The Morgan fingerprint density at radius 2 is 1.67 bits per heavy atom. The second-order valence-electron chi connectivity index (χ2n) is 7.38. The summed E-state index contributed by atoms with van der Waals surface area (Å²) >= 11 is 0. The second-order valence-corrected chi connectivity index (χ2v) is 9.29. The van der Waals surface area contributed by atoms with Crippen LogP contribution < -0.4 is 5.32 Å². The van der Waals surface area contributed by atoms with Crippen molar-refractivity contribution in [1.29, 1.82) is 0 Å². The average molecular weight is 427 g/mol. The van der Waals surface area contributed by atoms with Crippen LogP contribution in [0.2, 0.25) is 0 Å². The molecule has 0 spiro atoms. The molecule has 0 radical (unpaired) electrons. The molecule has 0 aliphatic carbocycles. The summed E-state index contributed by atoms with van der Waals surface area (Å²) in [6.07, 6.45) is 2.86. The molecule has 156 valence electrons. The topological polar surface area (TPSA) is 75.2 Å². The van der Waals surface area contributed by atoms with E-state index in [1.807, 2.05) is 13.0 Å². The number of aromatic nitrogens is 2. The van der Waals surface area contributed by atoms with Gasteiger partial charge in [-0.25, -0.2) is 12.8 Å². The third kappa shape index (κ3) is 4.34. The van der Waals surface area contributed by atoms with Crippen LogP contribution in [0.15, 0.2) is 59.5 Å². The Morgan fingerprint density at radius 1 is 0.933 bits per heavy atom. The molecule has 6 nitrogen and oxygen atoms in total. The lowest BCUT2D eigenvalue weighted by molar-refractivity contribution is 0.346. The molecule has 0 bridgehead atoms. The zero-order valence-electron chi connectivity index (χ0n) is 16.7. The van der Waals surface area contributed by atoms with E-state index in [9.17, 15) is 12.8 Å². The molecule has 1 N–H and O–H groups in total. The van der Waals surface area contributed by atoms with E-state index in [2.05, 4.69) is 15.5 Å². The van der Waals surface area contributed by atoms with Gasteiger partial charge in [-0.2, -0.15) is 4.31 Å². The van der Waals surface area contributed by atoms with Crippen LogP contribution in [0.25, 0.3) is 11.3 Å². The number of piperidine rings is 1. The Morgan fingerprint density at radius 3 is 2.33 bits per heavy atom. The maximum absolute atomic E-state index is 13.1. The van der Waals surface area contributed by atoms with Gasteiger partial charge in [-0.15, -0.1) is 10.2 Å². The fraction of sp³-hybridized carbons (Fsp3) is 0.273. The lowest BCUT2D eigenvalue weighted by Gasteiger charge is -2.26. The molecule has 1 aliphatic rings. The number of benzene rings is 2. The van der Waals surface area contributed by atoms with Crippen molar-refractivity contribution in [2.75, 3.05) is 18.4 Å². The van der Waals surface area contributed by atoms with Crippen molar-refractivity contribution in [3.8, 4) is 11.3 Å². The molecule has 2 heterocycles. The monoisotopic (exact) mass is 426 g/mol. The molecule has 1 saturated heterocycles. The van der Waals surface area contributed by atoms with Gasteiger partial charge in [0, 0.05) is 24.3 Å². The van der Waals surface area contributed by atoms with E-state index < -0.39 is 10.0 Å². The molecule has 4 rings (SSSR count). The number of hydrogen-bond acceptors (Lipinski definition) is 5. The molecule has 0 amide bonds. The van der Waals surface area contributed by atoms with Crippen LogP contribution in [0.1, 0.15) is 24.8 Å². The van der Waals surface area contributed by atoms with Crippen LogP contribution in [0.3, 0.4) is 0 Å². The van der Waals surface area contributed by atoms with Crippen molar-refractivity contribution >= 4 is 21.5 Å². The van der Waals surface area contributed by atoms with Crippen molar-refractivity contribution in [1.82, 2.24) is 14.5 Å². The lowest BCUT2D eigenvalue weighted by atomic mass is 10.1. The highest BCUT2D eigenvalue weighted by Gasteiger charge is 2.27. The zero-order valence-corrected chi connectivity index (χ0v) is 17.5. The first-order valence-corrected chi connectivity index (χ1v) is 11.3. The standard InChI is InChI=1S/C22H23FN4O2S/c1-16-5-6-17(15-21(16)30(28,29)27-13-3-2-4-14-27)20-11-12-22(26-25-20)24-19-9-7-18(23)8-10-19/h5-12,15H,2-4,13-14H2,1H3,(H,24,26). The lowest BCUT2D eigenvalue weighted by Crippen LogP contribution is -2.35. The fourth-order valence-corrected chi connectivity index (χ4v) is 5.28. The fourth-order valence-electron chi connectivity index (χ4n) is 3.52. The molecule has 1 fully saturated rings. The number of rotatable bonds is 5. The summed E-state index contributed by atoms with van der Waals surface area (Å²) in [5.74, 6) is 0.204. The molecule has 0 saturated carbocycles. The Kier molecular flexibility index (Phi) is 5.78. The minimum absolute atomic E-state index is 0.309. The average Bonchev–Trinajstić information content (AvgIpc) is 2.77. The molecule has 1 aliphatic heterocycles. The smallest absolute Gasteiger partial charge is 0.243 e. The van der Waals surface area contributed by atoms with Crippen LogP contribution in [-0.2, 0) is 10.0 Å². The first kappa shape index (κ1) is 20.4. The van der Waals surface area contributed by atoms with Gasteiger partial charge in [0.2, 0.25) is 10.0 Å². The molecule has 0 unspecified atom stereocenters. The molecule has 3 aromatic rings. The number of hydrogen-bond donors (Lipinski definition) is 1. The van der Waals surface area contributed by atoms with Gasteiger partial charge < -0.3 is 5.32 Å². The summed E-state index contributed by atoms with van der Waals surface area (Å²) < 4.78 is 40.9. The molecule has 30 heavy (non-hydrogen) atoms. The molecule has 2 aromatic carbocycles. The van der Waals surface area contributed by atoms with Gasteiger partial charge >= 0.3 is 0 Å². The highest BCUT2D eigenvalue weighted by molar-refractivity contribution is 7.89. The van der Waals surface area contributed by atoms with Crippen molar-refractivity contribution < 1.29 is 12.8 Å². The van der Waals surface area contributed by atoms with Crippen LogP contribution in [-0.4, -0.2) is 36.0 Å². The van der Waals surface area contributed by atoms with Crippen LogP contribution in [0.4, 0.5) is 15.9 Å². The molecule has 8 heteroatoms. The van der Waals surface area contributed by atoms with E-state index in [0.717, 1.165) is 19.3 Å². The molecular formula is C22H23FN4O2S. The normalized spacial score (nSPS) is 15.1. The van der Waals surface area contributed by atoms with Crippen LogP contribution >= 0.6 is 0 Å². The minimum Gasteiger partial charge on any atom is -0.339 e. The van der Waals surface area contributed by atoms with Gasteiger partial charge in [0.1, 0.15) is 5.82 Å². The quantitative estimate of drug-likeness (QED) is 0.650. The summed E-state index contributed by atoms with van der Waals surface area (Å²) in [7, 11) is -3.53. The van der Waals surface area contributed by atoms with E-state index in [1.165, 1.54) is 12.1 Å². The van der Waals surface area contributed by atoms with Crippen LogP contribution in [0, 0.1) is 12.7 Å². The van der Waals surface area contributed by atoms with E-state index in [0.29, 0.717) is 46.3 Å². The van der Waals surface area contributed by atoms with E-state index >= 15 is 0 Å². The molecule has 0 atom stereocenters. The maximum atomic E-state index is 13.1. The summed E-state index contributed by atoms with van der Waals surface area (Å²) in [5.41, 5.74) is 2.68. The Balaban J connectivity index is 1.58. The molecular weight excluding hydrogens is 403 g/mol. The highest BCUT2D eigenvalue weighted by Crippen LogP contribution is 2.28. The Bertz CT molecular complexity index is 1130. The molecule has 1 aromatic heterocycles. The number of nitrogens with one attached hydrogen (secondary N) is 1. The Labute approximate surface area is 175 Å². The van der Waals surface area contributed by atoms with Gasteiger partial charge in [-0.05, 0) is 67.8 Å². The SMILES string of the molecule is Cc1ccc(-c2ccc(Nc3ccc(F)cc3)nn2)cc1S(=O)(=O)N1CCCCC1. The highest BCUT2D eigenvalue weighted by atomic mass is 32.2. The van der Waals surface area contributed by atoms with Crippen molar-refractivity contribution in [3.63, 3.8) is 0 Å². The Hall–Kier alpha value is -2.84. The van der Waals surface area contributed by atoms with Gasteiger partial charge in [0.15, 0.2) is 5.82 Å². The van der Waals surface area contributed by atoms with Gasteiger partial charge in [-0.1, -0.05) is 18.6 Å². The van der Waals surface area contributed by atoms with Gasteiger partial charge in [0.25, 0.3) is 0 Å². The third-order valence-electron chi connectivity index (χ3n) is 5.20.